The summed E-state index contributed by atoms with van der Waals surface area (Å²) >= 11 is 1.75. The molecule has 0 aliphatic carbocycles. The standard InChI is InChI=1S/C13H24N2S/c1-5-8-14-13(10(2)3)7-6-12-9-16-11(4)15-12/h9-10,13-14H,5-8H2,1-4H3. The molecule has 16 heavy (non-hydrogen) atoms. The van der Waals surface area contributed by atoms with Crippen LogP contribution in [0.1, 0.15) is 44.3 Å². The van der Waals surface area contributed by atoms with Gasteiger partial charge in [-0.05, 0) is 38.6 Å². The molecule has 0 fully saturated rings. The Morgan fingerprint density at radius 2 is 2.19 bits per heavy atom. The summed E-state index contributed by atoms with van der Waals surface area (Å²) in [6.45, 7) is 10.00. The number of rotatable bonds is 7. The van der Waals surface area contributed by atoms with Crippen molar-refractivity contribution >= 4 is 11.3 Å². The van der Waals surface area contributed by atoms with Gasteiger partial charge in [0.25, 0.3) is 0 Å². The summed E-state index contributed by atoms with van der Waals surface area (Å²) in [5.41, 5.74) is 1.26. The van der Waals surface area contributed by atoms with Gasteiger partial charge < -0.3 is 5.32 Å². The van der Waals surface area contributed by atoms with Gasteiger partial charge in [0.05, 0.1) is 10.7 Å². The molecule has 0 aliphatic rings. The average Bonchev–Trinajstić information content (AvgIpc) is 2.64. The van der Waals surface area contributed by atoms with Crippen molar-refractivity contribution in [2.75, 3.05) is 6.54 Å². The molecule has 0 saturated heterocycles. The lowest BCUT2D eigenvalue weighted by atomic mass is 9.98. The third-order valence-corrected chi connectivity index (χ3v) is 3.66. The zero-order valence-electron chi connectivity index (χ0n) is 10.9. The minimum atomic E-state index is 0.627. The van der Waals surface area contributed by atoms with E-state index in [1.54, 1.807) is 11.3 Å². The molecule has 1 atom stereocenters. The molecule has 1 N–H and O–H groups in total. The lowest BCUT2D eigenvalue weighted by molar-refractivity contribution is 0.377. The fraction of sp³-hybridized carbons (Fsp3) is 0.769. The number of aryl methyl sites for hydroxylation is 2. The Balaban J connectivity index is 2.37. The quantitative estimate of drug-likeness (QED) is 0.790. The first-order valence-electron chi connectivity index (χ1n) is 6.27. The van der Waals surface area contributed by atoms with Crippen molar-refractivity contribution in [3.63, 3.8) is 0 Å². The van der Waals surface area contributed by atoms with E-state index in [-0.39, 0.29) is 0 Å². The van der Waals surface area contributed by atoms with E-state index in [1.807, 2.05) is 0 Å². The van der Waals surface area contributed by atoms with E-state index in [9.17, 15) is 0 Å². The second-order valence-electron chi connectivity index (χ2n) is 4.70. The summed E-state index contributed by atoms with van der Waals surface area (Å²) in [6.07, 6.45) is 3.50. The predicted octanol–water partition coefficient (Wildman–Crippen LogP) is 3.41. The summed E-state index contributed by atoms with van der Waals surface area (Å²) in [6, 6.07) is 0.627. The third-order valence-electron chi connectivity index (χ3n) is 2.84. The van der Waals surface area contributed by atoms with Crippen molar-refractivity contribution in [3.8, 4) is 0 Å². The first-order valence-corrected chi connectivity index (χ1v) is 7.15. The topological polar surface area (TPSA) is 24.9 Å². The van der Waals surface area contributed by atoms with Crippen molar-refractivity contribution < 1.29 is 0 Å². The summed E-state index contributed by atoms with van der Waals surface area (Å²) in [5, 5.41) is 6.99. The van der Waals surface area contributed by atoms with Gasteiger partial charge in [0.2, 0.25) is 0 Å². The van der Waals surface area contributed by atoms with Gasteiger partial charge in [-0.1, -0.05) is 20.8 Å². The maximum absolute atomic E-state index is 4.51. The van der Waals surface area contributed by atoms with E-state index < -0.39 is 0 Å². The van der Waals surface area contributed by atoms with Crippen LogP contribution in [0.2, 0.25) is 0 Å². The molecule has 0 aliphatic heterocycles. The number of hydrogen-bond donors (Lipinski definition) is 1. The van der Waals surface area contributed by atoms with Crippen LogP contribution in [-0.4, -0.2) is 17.6 Å². The molecule has 1 aromatic heterocycles. The zero-order chi connectivity index (χ0) is 12.0. The molecular formula is C13H24N2S. The van der Waals surface area contributed by atoms with E-state index >= 15 is 0 Å². The Morgan fingerprint density at radius 1 is 1.44 bits per heavy atom. The maximum Gasteiger partial charge on any atom is 0.0897 e. The maximum atomic E-state index is 4.51. The van der Waals surface area contributed by atoms with Crippen molar-refractivity contribution in [2.45, 2.75) is 53.0 Å². The first-order chi connectivity index (χ1) is 7.63. The fourth-order valence-corrected chi connectivity index (χ4v) is 2.47. The Bertz CT molecular complexity index is 294. The Kier molecular flexibility index (Phi) is 5.99. The first kappa shape index (κ1) is 13.7. The highest BCUT2D eigenvalue weighted by molar-refractivity contribution is 7.09. The van der Waals surface area contributed by atoms with Crippen LogP contribution in [0.4, 0.5) is 0 Å². The monoisotopic (exact) mass is 240 g/mol. The van der Waals surface area contributed by atoms with Gasteiger partial charge in [-0.15, -0.1) is 11.3 Å². The highest BCUT2D eigenvalue weighted by Gasteiger charge is 2.12. The van der Waals surface area contributed by atoms with E-state index in [1.165, 1.54) is 23.5 Å². The van der Waals surface area contributed by atoms with E-state index in [2.05, 4.69) is 43.4 Å². The molecule has 2 nitrogen and oxygen atoms in total. The molecule has 3 heteroatoms. The van der Waals surface area contributed by atoms with Crippen molar-refractivity contribution in [1.29, 1.82) is 0 Å². The average molecular weight is 240 g/mol. The SMILES string of the molecule is CCCNC(CCc1csc(C)n1)C(C)C. The van der Waals surface area contributed by atoms with Crippen LogP contribution in [0.15, 0.2) is 5.38 Å². The highest BCUT2D eigenvalue weighted by Crippen LogP contribution is 2.13. The molecule has 0 bridgehead atoms. The molecule has 0 spiro atoms. The van der Waals surface area contributed by atoms with Crippen molar-refractivity contribution in [3.05, 3.63) is 16.1 Å². The number of aromatic nitrogens is 1. The molecule has 0 amide bonds. The molecule has 1 rings (SSSR count). The third kappa shape index (κ3) is 4.62. The van der Waals surface area contributed by atoms with Crippen LogP contribution in [-0.2, 0) is 6.42 Å². The summed E-state index contributed by atoms with van der Waals surface area (Å²) in [4.78, 5) is 4.51. The van der Waals surface area contributed by atoms with Gasteiger partial charge in [-0.3, -0.25) is 0 Å². The van der Waals surface area contributed by atoms with Gasteiger partial charge >= 0.3 is 0 Å². The Morgan fingerprint density at radius 3 is 2.69 bits per heavy atom. The number of nitrogens with zero attached hydrogens (tertiary/aromatic N) is 1. The van der Waals surface area contributed by atoms with Gasteiger partial charge in [0.1, 0.15) is 0 Å². The van der Waals surface area contributed by atoms with Gasteiger partial charge in [-0.2, -0.15) is 0 Å². The molecule has 92 valence electrons. The van der Waals surface area contributed by atoms with Gasteiger partial charge in [-0.25, -0.2) is 4.98 Å². The van der Waals surface area contributed by atoms with Crippen LogP contribution in [0, 0.1) is 12.8 Å². The number of hydrogen-bond acceptors (Lipinski definition) is 3. The Labute approximate surface area is 103 Å². The fourth-order valence-electron chi connectivity index (χ4n) is 1.83. The van der Waals surface area contributed by atoms with Crippen molar-refractivity contribution in [1.82, 2.24) is 10.3 Å². The molecular weight excluding hydrogens is 216 g/mol. The number of nitrogens with one attached hydrogen (secondary N) is 1. The van der Waals surface area contributed by atoms with Gasteiger partial charge in [0.15, 0.2) is 0 Å². The summed E-state index contributed by atoms with van der Waals surface area (Å²) in [7, 11) is 0. The van der Waals surface area contributed by atoms with E-state index in [4.69, 9.17) is 0 Å². The number of thiazole rings is 1. The minimum Gasteiger partial charge on any atom is -0.314 e. The van der Waals surface area contributed by atoms with E-state index in [0.717, 1.165) is 13.0 Å². The molecule has 0 saturated carbocycles. The smallest absolute Gasteiger partial charge is 0.0897 e. The normalized spacial score (nSPS) is 13.3. The lowest BCUT2D eigenvalue weighted by Crippen LogP contribution is -2.34. The Hall–Kier alpha value is -0.410. The summed E-state index contributed by atoms with van der Waals surface area (Å²) < 4.78 is 0. The minimum absolute atomic E-state index is 0.627. The van der Waals surface area contributed by atoms with Crippen LogP contribution in [0.5, 0.6) is 0 Å². The van der Waals surface area contributed by atoms with Crippen molar-refractivity contribution in [2.24, 2.45) is 5.92 Å². The largest absolute Gasteiger partial charge is 0.314 e. The molecule has 1 heterocycles. The van der Waals surface area contributed by atoms with E-state index in [0.29, 0.717) is 12.0 Å². The molecule has 0 aromatic carbocycles. The molecule has 1 unspecified atom stereocenters. The van der Waals surface area contributed by atoms with Crippen LogP contribution < -0.4 is 5.32 Å². The second-order valence-corrected chi connectivity index (χ2v) is 5.76. The predicted molar refractivity (Wildman–Crippen MR) is 72.1 cm³/mol. The highest BCUT2D eigenvalue weighted by atomic mass is 32.1. The van der Waals surface area contributed by atoms with Gasteiger partial charge in [0, 0.05) is 11.4 Å². The summed E-state index contributed by atoms with van der Waals surface area (Å²) in [5.74, 6) is 0.700. The molecule has 1 aromatic rings. The van der Waals surface area contributed by atoms with Crippen LogP contribution >= 0.6 is 11.3 Å². The van der Waals surface area contributed by atoms with Crippen LogP contribution in [0.25, 0.3) is 0 Å². The second kappa shape index (κ2) is 7.02. The zero-order valence-corrected chi connectivity index (χ0v) is 11.7. The van der Waals surface area contributed by atoms with Crippen LogP contribution in [0.3, 0.4) is 0 Å². The molecule has 0 radical (unpaired) electrons. The lowest BCUT2D eigenvalue weighted by Gasteiger charge is -2.21.